The Labute approximate surface area is 168 Å². The zero-order valence-corrected chi connectivity index (χ0v) is 16.8. The molecule has 3 aromatic heterocycles. The summed E-state index contributed by atoms with van der Waals surface area (Å²) < 4.78 is 56.7. The minimum atomic E-state index is -3.63. The normalized spacial score (nSPS) is 11.9. The summed E-state index contributed by atoms with van der Waals surface area (Å²) in [6, 6.07) is 3.03. The van der Waals surface area contributed by atoms with Crippen LogP contribution in [0.5, 0.6) is 0 Å². The van der Waals surface area contributed by atoms with Crippen LogP contribution in [-0.2, 0) is 16.6 Å². The van der Waals surface area contributed by atoms with Crippen molar-refractivity contribution in [3.8, 4) is 10.8 Å². The van der Waals surface area contributed by atoms with E-state index in [0.717, 1.165) is 11.3 Å². The van der Waals surface area contributed by atoms with Crippen LogP contribution in [0.3, 0.4) is 0 Å². The fourth-order valence-corrected chi connectivity index (χ4v) is 4.77. The third-order valence-electron chi connectivity index (χ3n) is 3.47. The zero-order valence-electron chi connectivity index (χ0n) is 14.4. The van der Waals surface area contributed by atoms with Crippen molar-refractivity contribution in [2.24, 2.45) is 0 Å². The SMILES string of the molecule is CCCS(=O)(=O)N(Cc1ncc(-c2nnc(C(F)F)o2)s1)c1ccc(Cl)nc1. The van der Waals surface area contributed by atoms with Gasteiger partial charge in [0.2, 0.25) is 10.0 Å². The Morgan fingerprint density at radius 1 is 1.25 bits per heavy atom. The highest BCUT2D eigenvalue weighted by molar-refractivity contribution is 7.92. The van der Waals surface area contributed by atoms with Gasteiger partial charge in [0.05, 0.1) is 30.4 Å². The molecule has 3 aromatic rings. The molecule has 0 saturated heterocycles. The molecular formula is C15H14ClF2N5O3S2. The maximum atomic E-state index is 12.7. The first kappa shape index (κ1) is 20.6. The highest BCUT2D eigenvalue weighted by Gasteiger charge is 2.25. The minimum absolute atomic E-state index is 0.0603. The van der Waals surface area contributed by atoms with Crippen molar-refractivity contribution in [1.82, 2.24) is 20.2 Å². The molecule has 0 aliphatic heterocycles. The topological polar surface area (TPSA) is 102 Å². The van der Waals surface area contributed by atoms with Crippen LogP contribution < -0.4 is 4.31 Å². The van der Waals surface area contributed by atoms with E-state index in [9.17, 15) is 17.2 Å². The largest absolute Gasteiger partial charge is 0.414 e. The van der Waals surface area contributed by atoms with Crippen molar-refractivity contribution >= 4 is 38.6 Å². The molecule has 0 aliphatic rings. The third-order valence-corrected chi connectivity index (χ3v) is 6.60. The number of alkyl halides is 2. The van der Waals surface area contributed by atoms with Crippen LogP contribution in [0.4, 0.5) is 14.5 Å². The lowest BCUT2D eigenvalue weighted by molar-refractivity contribution is 0.116. The maximum absolute atomic E-state index is 12.7. The summed E-state index contributed by atoms with van der Waals surface area (Å²) in [6.07, 6.45) is 0.284. The Hall–Kier alpha value is -2.18. The lowest BCUT2D eigenvalue weighted by atomic mass is 10.4. The second-order valence-corrected chi connectivity index (χ2v) is 9.04. The first-order valence-electron chi connectivity index (χ1n) is 7.98. The van der Waals surface area contributed by atoms with E-state index in [0.29, 0.717) is 22.0 Å². The van der Waals surface area contributed by atoms with Crippen LogP contribution in [-0.4, -0.2) is 34.3 Å². The Bertz CT molecular complexity index is 1040. The minimum Gasteiger partial charge on any atom is -0.414 e. The van der Waals surface area contributed by atoms with Gasteiger partial charge in [0.15, 0.2) is 0 Å². The van der Waals surface area contributed by atoms with Gasteiger partial charge in [-0.2, -0.15) is 8.78 Å². The molecule has 0 spiro atoms. The fraction of sp³-hybridized carbons (Fsp3) is 0.333. The molecule has 0 bridgehead atoms. The van der Waals surface area contributed by atoms with Gasteiger partial charge in [0, 0.05) is 0 Å². The van der Waals surface area contributed by atoms with Gasteiger partial charge in [-0.05, 0) is 18.6 Å². The van der Waals surface area contributed by atoms with Crippen molar-refractivity contribution in [3.63, 3.8) is 0 Å². The number of halogens is 3. The first-order valence-corrected chi connectivity index (χ1v) is 10.8. The van der Waals surface area contributed by atoms with Crippen molar-refractivity contribution in [1.29, 1.82) is 0 Å². The van der Waals surface area contributed by atoms with Crippen LogP contribution in [0, 0.1) is 0 Å². The smallest absolute Gasteiger partial charge is 0.314 e. The zero-order chi connectivity index (χ0) is 20.3. The van der Waals surface area contributed by atoms with E-state index in [-0.39, 0.29) is 23.3 Å². The second kappa shape index (κ2) is 8.45. The van der Waals surface area contributed by atoms with E-state index in [1.165, 1.54) is 22.8 Å². The summed E-state index contributed by atoms with van der Waals surface area (Å²) in [5.41, 5.74) is 0.340. The molecule has 13 heteroatoms. The van der Waals surface area contributed by atoms with E-state index >= 15 is 0 Å². The highest BCUT2D eigenvalue weighted by Crippen LogP contribution is 2.30. The number of pyridine rings is 1. The first-order chi connectivity index (χ1) is 13.3. The lowest BCUT2D eigenvalue weighted by Gasteiger charge is -2.23. The van der Waals surface area contributed by atoms with Gasteiger partial charge in [-0.15, -0.1) is 21.5 Å². The van der Waals surface area contributed by atoms with E-state index in [1.807, 2.05) is 0 Å². The van der Waals surface area contributed by atoms with E-state index < -0.39 is 22.3 Å². The number of anilines is 1. The molecule has 150 valence electrons. The quantitative estimate of drug-likeness (QED) is 0.480. The van der Waals surface area contributed by atoms with Crippen LogP contribution in [0.2, 0.25) is 5.15 Å². The summed E-state index contributed by atoms with van der Waals surface area (Å²) in [4.78, 5) is 8.44. The Morgan fingerprint density at radius 2 is 2.04 bits per heavy atom. The number of hydrogen-bond donors (Lipinski definition) is 0. The van der Waals surface area contributed by atoms with Gasteiger partial charge < -0.3 is 4.42 Å². The maximum Gasteiger partial charge on any atom is 0.314 e. The predicted molar refractivity (Wildman–Crippen MR) is 99.9 cm³/mol. The fourth-order valence-electron chi connectivity index (χ4n) is 2.26. The van der Waals surface area contributed by atoms with Crippen LogP contribution in [0.15, 0.2) is 28.9 Å². The molecule has 3 rings (SSSR count). The molecule has 28 heavy (non-hydrogen) atoms. The van der Waals surface area contributed by atoms with Gasteiger partial charge in [-0.1, -0.05) is 18.5 Å². The molecule has 0 fully saturated rings. The number of rotatable bonds is 8. The van der Waals surface area contributed by atoms with Crippen molar-refractivity contribution in [3.05, 3.63) is 40.6 Å². The second-order valence-electron chi connectivity index (χ2n) is 5.53. The van der Waals surface area contributed by atoms with E-state index in [4.69, 9.17) is 16.0 Å². The molecule has 0 amide bonds. The highest BCUT2D eigenvalue weighted by atomic mass is 35.5. The molecule has 0 radical (unpaired) electrons. The molecule has 0 aliphatic carbocycles. The number of sulfonamides is 1. The monoisotopic (exact) mass is 449 g/mol. The summed E-state index contributed by atoms with van der Waals surface area (Å²) in [6.45, 7) is 1.69. The molecular weight excluding hydrogens is 436 g/mol. The molecule has 0 atom stereocenters. The Balaban J connectivity index is 1.88. The van der Waals surface area contributed by atoms with Gasteiger partial charge in [-0.25, -0.2) is 18.4 Å². The number of hydrogen-bond acceptors (Lipinski definition) is 8. The summed E-state index contributed by atoms with van der Waals surface area (Å²) in [5.74, 6) is -0.950. The molecule has 0 N–H and O–H groups in total. The molecule has 3 heterocycles. The number of thiazole rings is 1. The Kier molecular flexibility index (Phi) is 6.20. The predicted octanol–water partition coefficient (Wildman–Crippen LogP) is 3.93. The lowest BCUT2D eigenvalue weighted by Crippen LogP contribution is -2.32. The molecule has 0 unspecified atom stereocenters. The van der Waals surface area contributed by atoms with Gasteiger partial charge in [0.1, 0.15) is 15.0 Å². The van der Waals surface area contributed by atoms with Gasteiger partial charge >= 0.3 is 6.43 Å². The summed E-state index contributed by atoms with van der Waals surface area (Å²) >= 11 is 6.85. The molecule has 8 nitrogen and oxygen atoms in total. The standard InChI is InChI=1S/C15H14ClF2N5O3S2/c1-2-5-28(24,25)23(9-3-4-11(16)19-6-9)8-12-20-7-10(27-12)14-21-22-15(26-14)13(17)18/h3-4,6-7,13H,2,5,8H2,1H3. The Morgan fingerprint density at radius 3 is 2.64 bits per heavy atom. The van der Waals surface area contributed by atoms with Gasteiger partial charge in [0.25, 0.3) is 11.8 Å². The van der Waals surface area contributed by atoms with Crippen LogP contribution >= 0.6 is 22.9 Å². The van der Waals surface area contributed by atoms with Crippen molar-refractivity contribution in [2.75, 3.05) is 10.1 Å². The number of aromatic nitrogens is 4. The summed E-state index contributed by atoms with van der Waals surface area (Å²) in [5, 5.41) is 7.48. The summed E-state index contributed by atoms with van der Waals surface area (Å²) in [7, 11) is -3.63. The van der Waals surface area contributed by atoms with E-state index in [2.05, 4.69) is 20.2 Å². The molecule has 0 saturated carbocycles. The number of nitrogens with zero attached hydrogens (tertiary/aromatic N) is 5. The average molecular weight is 450 g/mol. The van der Waals surface area contributed by atoms with Crippen molar-refractivity contribution in [2.45, 2.75) is 26.3 Å². The van der Waals surface area contributed by atoms with Crippen molar-refractivity contribution < 1.29 is 21.6 Å². The van der Waals surface area contributed by atoms with E-state index in [1.54, 1.807) is 13.0 Å². The van der Waals surface area contributed by atoms with Crippen LogP contribution in [0.1, 0.15) is 30.7 Å². The third kappa shape index (κ3) is 4.62. The average Bonchev–Trinajstić information content (AvgIpc) is 3.30. The van der Waals surface area contributed by atoms with Crippen LogP contribution in [0.25, 0.3) is 10.8 Å². The molecule has 0 aromatic carbocycles. The van der Waals surface area contributed by atoms with Gasteiger partial charge in [-0.3, -0.25) is 4.31 Å².